The molecule has 0 spiro atoms. The van der Waals surface area contributed by atoms with Crippen LogP contribution in [0.4, 0.5) is 0 Å². The third-order valence-corrected chi connectivity index (χ3v) is 26.3. The fraction of sp³-hybridized carbons (Fsp3) is 0.0135. The molecule has 0 N–H and O–H groups in total. The van der Waals surface area contributed by atoms with Gasteiger partial charge >= 0.3 is 0 Å². The Bertz CT molecular complexity index is 4720. The van der Waals surface area contributed by atoms with Gasteiger partial charge in [-0.2, -0.15) is 0 Å². The second kappa shape index (κ2) is 20.3. The van der Waals surface area contributed by atoms with Crippen LogP contribution in [0.3, 0.4) is 0 Å². The van der Waals surface area contributed by atoms with Gasteiger partial charge in [0, 0.05) is 0 Å². The Kier molecular flexibility index (Phi) is 12.1. The van der Waals surface area contributed by atoms with E-state index in [1.165, 1.54) is 41.5 Å². The standard InChI is InChI=1S/C74H55N7Si2/c1-3-28-65-63(4-2)75-73-78(65)69-51-61(82(55-31-14-6-15-32-55,56-33-16-7-17-34-56)57-35-18-8-19-36-57)45-47-67(69)80(73)71-49-54(53-29-12-5-13-30-53)50-72(77-71)81-68-48-46-62(52-70(68)79-66-44-27-26-43-64(66)76-74(79)81)83(58-37-20-9-21-38-58,59-39-22-10-23-40-59)60-41-24-11-25-42-60/h3-52H,2H2,1H3/b28-3-. The first-order valence-electron chi connectivity index (χ1n) is 28.3. The molecule has 9 heteroatoms. The maximum Gasteiger partial charge on any atom is 0.221 e. The van der Waals surface area contributed by atoms with Gasteiger partial charge in [-0.25, -0.2) is 15.0 Å². The van der Waals surface area contributed by atoms with E-state index < -0.39 is 16.1 Å². The first kappa shape index (κ1) is 49.6. The highest BCUT2D eigenvalue weighted by Gasteiger charge is 2.43. The molecule has 10 aromatic carbocycles. The number of fused-ring (bicyclic) bond motifs is 8. The molecule has 0 radical (unpaired) electrons. The fourth-order valence-electron chi connectivity index (χ4n) is 13.3. The monoisotopic (exact) mass is 1100 g/mol. The van der Waals surface area contributed by atoms with E-state index in [0.717, 1.165) is 78.8 Å². The molecule has 0 fully saturated rings. The van der Waals surface area contributed by atoms with Crippen LogP contribution in [0.15, 0.2) is 298 Å². The van der Waals surface area contributed by atoms with Crippen molar-refractivity contribution in [2.75, 3.05) is 0 Å². The Balaban J connectivity index is 1.03. The Labute approximate surface area is 483 Å². The van der Waals surface area contributed by atoms with Crippen molar-refractivity contribution in [1.29, 1.82) is 0 Å². The Hall–Kier alpha value is -10.5. The van der Waals surface area contributed by atoms with Crippen LogP contribution in [-0.4, -0.2) is 49.0 Å². The quantitative estimate of drug-likeness (QED) is 0.0854. The number of rotatable bonds is 13. The van der Waals surface area contributed by atoms with Crippen LogP contribution in [0.25, 0.3) is 79.6 Å². The molecule has 0 saturated heterocycles. The lowest BCUT2D eigenvalue weighted by Gasteiger charge is -2.34. The third-order valence-electron chi connectivity index (χ3n) is 16.8. The average Bonchev–Trinajstić information content (AvgIpc) is 4.15. The number of allylic oxidation sites excluding steroid dienone is 1. The van der Waals surface area contributed by atoms with E-state index in [4.69, 9.17) is 15.0 Å². The number of hydrogen-bond donors (Lipinski definition) is 0. The van der Waals surface area contributed by atoms with Gasteiger partial charge in [-0.1, -0.05) is 249 Å². The summed E-state index contributed by atoms with van der Waals surface area (Å²) in [6.45, 7) is 6.38. The van der Waals surface area contributed by atoms with Crippen molar-refractivity contribution in [3.8, 4) is 22.8 Å². The van der Waals surface area contributed by atoms with E-state index in [9.17, 15) is 0 Å². The molecule has 0 unspecified atom stereocenters. The summed E-state index contributed by atoms with van der Waals surface area (Å²) in [6, 6.07) is 104. The van der Waals surface area contributed by atoms with E-state index in [-0.39, 0.29) is 0 Å². The highest BCUT2D eigenvalue weighted by Crippen LogP contribution is 2.35. The lowest BCUT2D eigenvalue weighted by atomic mass is 10.1. The number of nitrogens with zero attached hydrogens (tertiary/aromatic N) is 7. The second-order valence-corrected chi connectivity index (χ2v) is 28.8. The van der Waals surface area contributed by atoms with Gasteiger partial charge in [0.25, 0.3) is 0 Å². The number of para-hydroxylation sites is 2. The van der Waals surface area contributed by atoms with Crippen LogP contribution < -0.4 is 41.5 Å². The largest absolute Gasteiger partial charge is 0.276 e. The number of hydrogen-bond acceptors (Lipinski definition) is 3. The van der Waals surface area contributed by atoms with Crippen molar-refractivity contribution in [2.24, 2.45) is 0 Å². The van der Waals surface area contributed by atoms with Gasteiger partial charge in [0.1, 0.15) is 11.6 Å². The number of pyridine rings is 1. The van der Waals surface area contributed by atoms with Crippen molar-refractivity contribution in [3.63, 3.8) is 0 Å². The lowest BCUT2D eigenvalue weighted by Crippen LogP contribution is -2.74. The maximum atomic E-state index is 5.85. The predicted molar refractivity (Wildman–Crippen MR) is 350 cm³/mol. The minimum Gasteiger partial charge on any atom is -0.276 e. The third kappa shape index (κ3) is 7.73. The van der Waals surface area contributed by atoms with Gasteiger partial charge < -0.3 is 0 Å². The van der Waals surface area contributed by atoms with E-state index >= 15 is 0 Å². The molecular formula is C74H55N7Si2. The van der Waals surface area contributed by atoms with Crippen LogP contribution in [0.1, 0.15) is 18.3 Å². The molecule has 0 aliphatic heterocycles. The molecule has 15 aromatic rings. The zero-order valence-electron chi connectivity index (χ0n) is 45.7. The molecule has 0 saturated carbocycles. The van der Waals surface area contributed by atoms with Crippen molar-refractivity contribution in [1.82, 2.24) is 32.9 Å². The van der Waals surface area contributed by atoms with Crippen LogP contribution in [0, 0.1) is 0 Å². The summed E-state index contributed by atoms with van der Waals surface area (Å²) in [5.74, 6) is 2.95. The van der Waals surface area contributed by atoms with Crippen molar-refractivity contribution in [3.05, 3.63) is 309 Å². The van der Waals surface area contributed by atoms with E-state index in [0.29, 0.717) is 0 Å². The minimum atomic E-state index is -2.96. The van der Waals surface area contributed by atoms with Crippen molar-refractivity contribution in [2.45, 2.75) is 6.92 Å². The summed E-state index contributed by atoms with van der Waals surface area (Å²) in [5.41, 5.74) is 9.76. The van der Waals surface area contributed by atoms with Crippen LogP contribution in [0.2, 0.25) is 0 Å². The highest BCUT2D eigenvalue weighted by molar-refractivity contribution is 7.20. The molecule has 0 bridgehead atoms. The topological polar surface area (TPSA) is 57.3 Å². The number of benzene rings is 10. The maximum absolute atomic E-state index is 5.85. The van der Waals surface area contributed by atoms with Gasteiger partial charge in [-0.15, -0.1) is 0 Å². The molecule has 5 heterocycles. The molecule has 0 amide bonds. The van der Waals surface area contributed by atoms with Gasteiger partial charge in [-0.05, 0) is 120 Å². The smallest absolute Gasteiger partial charge is 0.221 e. The lowest BCUT2D eigenvalue weighted by molar-refractivity contribution is 0.981. The zero-order valence-corrected chi connectivity index (χ0v) is 47.7. The van der Waals surface area contributed by atoms with Gasteiger partial charge in [0.2, 0.25) is 11.6 Å². The van der Waals surface area contributed by atoms with E-state index in [1.807, 2.05) is 6.08 Å². The van der Waals surface area contributed by atoms with E-state index in [1.54, 1.807) is 0 Å². The van der Waals surface area contributed by atoms with Gasteiger partial charge in [0.15, 0.2) is 16.1 Å². The van der Waals surface area contributed by atoms with Gasteiger partial charge in [-0.3, -0.25) is 17.9 Å². The second-order valence-electron chi connectivity index (χ2n) is 21.2. The van der Waals surface area contributed by atoms with Crippen molar-refractivity contribution < 1.29 is 0 Å². The molecule has 7 nitrogen and oxygen atoms in total. The predicted octanol–water partition coefficient (Wildman–Crippen LogP) is 11.5. The highest BCUT2D eigenvalue weighted by atomic mass is 28.3. The van der Waals surface area contributed by atoms with Crippen LogP contribution in [-0.2, 0) is 0 Å². The summed E-state index contributed by atoms with van der Waals surface area (Å²) in [7, 11) is -5.90. The molecule has 83 heavy (non-hydrogen) atoms. The normalized spacial score (nSPS) is 12.2. The summed E-state index contributed by atoms with van der Waals surface area (Å²) >= 11 is 0. The molecule has 394 valence electrons. The summed E-state index contributed by atoms with van der Waals surface area (Å²) in [5, 5.41) is 10.4. The van der Waals surface area contributed by atoms with Gasteiger partial charge in [0.05, 0.1) is 44.5 Å². The molecule has 0 aliphatic carbocycles. The summed E-state index contributed by atoms with van der Waals surface area (Å²) in [4.78, 5) is 16.8. The van der Waals surface area contributed by atoms with E-state index in [2.05, 4.69) is 329 Å². The minimum absolute atomic E-state index is 0.718. The first-order chi connectivity index (χ1) is 41.1. The average molecular weight is 1100 g/mol. The molecule has 0 atom stereocenters. The number of aromatic nitrogens is 7. The van der Waals surface area contributed by atoms with Crippen LogP contribution in [0.5, 0.6) is 0 Å². The molecule has 0 aliphatic rings. The Morgan fingerprint density at radius 3 is 1.14 bits per heavy atom. The first-order valence-corrected chi connectivity index (χ1v) is 32.3. The zero-order chi connectivity index (χ0) is 55.5. The Morgan fingerprint density at radius 1 is 0.337 bits per heavy atom. The van der Waals surface area contributed by atoms with Crippen LogP contribution >= 0.6 is 0 Å². The molecule has 15 rings (SSSR count). The van der Waals surface area contributed by atoms with Crippen molar-refractivity contribution >= 4 is 114 Å². The molecule has 5 aromatic heterocycles. The number of imidazole rings is 4. The Morgan fingerprint density at radius 2 is 0.723 bits per heavy atom. The molecular weight excluding hydrogens is 1040 g/mol. The fourth-order valence-corrected chi connectivity index (χ4v) is 22.8. The SMILES string of the molecule is C=Cc1nc2n(-c3cc(-c4ccccc4)cc(-n4c5ccc([Si](c6ccccc6)(c6ccccc6)c6ccccc6)cc5n5c6ccccc6nc45)n3)c3ccc([Si](c4ccccc4)(c4ccccc4)c4ccccc4)cc3n2c1/C=C\C. The summed E-state index contributed by atoms with van der Waals surface area (Å²) < 4.78 is 9.15. The summed E-state index contributed by atoms with van der Waals surface area (Å²) in [6.07, 6.45) is 6.10.